The molecule has 160 valence electrons. The van der Waals surface area contributed by atoms with Gasteiger partial charge in [0.15, 0.2) is 0 Å². The first kappa shape index (κ1) is 20.6. The molecule has 4 N–H and O–H groups in total. The smallest absolute Gasteiger partial charge is 0.387 e. The van der Waals surface area contributed by atoms with Crippen LogP contribution in [-0.2, 0) is 6.18 Å². The van der Waals surface area contributed by atoms with Crippen molar-refractivity contribution in [1.82, 2.24) is 15.3 Å². The van der Waals surface area contributed by atoms with Gasteiger partial charge in [-0.1, -0.05) is 6.07 Å². The Labute approximate surface area is 174 Å². The van der Waals surface area contributed by atoms with E-state index in [1.807, 2.05) is 0 Å². The lowest BCUT2D eigenvalue weighted by atomic mass is 9.96. The predicted octanol–water partition coefficient (Wildman–Crippen LogP) is 3.35. The zero-order chi connectivity index (χ0) is 22.3. The van der Waals surface area contributed by atoms with E-state index in [1.54, 1.807) is 7.05 Å². The summed E-state index contributed by atoms with van der Waals surface area (Å²) in [6.07, 6.45) is -0.430. The van der Waals surface area contributed by atoms with E-state index in [1.165, 1.54) is 24.4 Å². The number of amides is 2. The van der Waals surface area contributed by atoms with E-state index in [9.17, 15) is 22.8 Å². The number of aromatic nitrogens is 2. The number of nitrogens with zero attached hydrogens (tertiary/aromatic N) is 2. The van der Waals surface area contributed by atoms with Crippen molar-refractivity contribution >= 4 is 28.4 Å². The molecular weight excluding hydrogens is 411 g/mol. The fraction of sp³-hybridized carbons (Fsp3) is 0.238. The average Bonchev–Trinajstić information content (AvgIpc) is 3.55. The highest BCUT2D eigenvalue weighted by atomic mass is 19.4. The van der Waals surface area contributed by atoms with Crippen LogP contribution in [0.15, 0.2) is 36.7 Å². The summed E-state index contributed by atoms with van der Waals surface area (Å²) in [5.41, 5.74) is 4.90. The summed E-state index contributed by atoms with van der Waals surface area (Å²) in [7, 11) is 1.59. The minimum Gasteiger partial charge on any atom is -0.387 e. The molecule has 31 heavy (non-hydrogen) atoms. The van der Waals surface area contributed by atoms with Gasteiger partial charge in [0.25, 0.3) is 11.8 Å². The van der Waals surface area contributed by atoms with E-state index < -0.39 is 17.6 Å². The average molecular weight is 429 g/mol. The Balaban J connectivity index is 1.91. The lowest BCUT2D eigenvalue weighted by Crippen LogP contribution is -2.26. The molecule has 0 bridgehead atoms. The third kappa shape index (κ3) is 4.00. The van der Waals surface area contributed by atoms with Crippen LogP contribution in [0, 0.1) is 0 Å². The number of alkyl halides is 3. The summed E-state index contributed by atoms with van der Waals surface area (Å²) >= 11 is 0. The zero-order valence-electron chi connectivity index (χ0n) is 16.4. The number of primary amides is 1. The quantitative estimate of drug-likeness (QED) is 0.576. The molecule has 2 heterocycles. The van der Waals surface area contributed by atoms with E-state index in [2.05, 4.69) is 20.6 Å². The molecule has 1 aliphatic rings. The van der Waals surface area contributed by atoms with Gasteiger partial charge < -0.3 is 16.4 Å². The molecule has 7 nitrogen and oxygen atoms in total. The second kappa shape index (κ2) is 7.53. The number of fused-ring (bicyclic) bond motifs is 1. The van der Waals surface area contributed by atoms with Crippen molar-refractivity contribution in [1.29, 1.82) is 0 Å². The lowest BCUT2D eigenvalue weighted by molar-refractivity contribution is -0.137. The minimum atomic E-state index is -4.66. The van der Waals surface area contributed by atoms with Crippen molar-refractivity contribution in [2.75, 3.05) is 12.4 Å². The number of hydrogen-bond acceptors (Lipinski definition) is 5. The van der Waals surface area contributed by atoms with E-state index in [0.29, 0.717) is 11.1 Å². The molecule has 10 heteroatoms. The molecule has 2 amide bonds. The Morgan fingerprint density at radius 2 is 1.87 bits per heavy atom. The molecule has 3 aromatic rings. The summed E-state index contributed by atoms with van der Waals surface area (Å²) in [5.74, 6) is -1.12. The van der Waals surface area contributed by atoms with Crippen LogP contribution in [0.3, 0.4) is 0 Å². The number of nitrogens with one attached hydrogen (secondary N) is 2. The number of anilines is 1. The topological polar surface area (TPSA) is 110 Å². The molecule has 1 saturated carbocycles. The van der Waals surface area contributed by atoms with Crippen molar-refractivity contribution < 1.29 is 22.8 Å². The number of halogens is 3. The zero-order valence-corrected chi connectivity index (χ0v) is 16.4. The lowest BCUT2D eigenvalue weighted by Gasteiger charge is -2.17. The van der Waals surface area contributed by atoms with Crippen LogP contribution in [0.25, 0.3) is 22.0 Å². The van der Waals surface area contributed by atoms with Crippen molar-refractivity contribution in [2.45, 2.75) is 25.1 Å². The number of rotatable bonds is 5. The molecule has 1 aromatic carbocycles. The van der Waals surface area contributed by atoms with Gasteiger partial charge in [-0.25, -0.2) is 0 Å². The molecule has 0 atom stereocenters. The van der Waals surface area contributed by atoms with Crippen LogP contribution < -0.4 is 16.4 Å². The summed E-state index contributed by atoms with van der Waals surface area (Å²) in [4.78, 5) is 31.8. The molecule has 2 aromatic heterocycles. The van der Waals surface area contributed by atoms with Gasteiger partial charge in [-0.3, -0.25) is 19.6 Å². The third-order valence-corrected chi connectivity index (χ3v) is 5.05. The van der Waals surface area contributed by atoms with E-state index in [4.69, 9.17) is 5.73 Å². The largest absolute Gasteiger partial charge is 0.417 e. The molecule has 0 unspecified atom stereocenters. The van der Waals surface area contributed by atoms with Gasteiger partial charge in [0.2, 0.25) is 0 Å². The number of carbonyl (C=O) groups excluding carboxylic acids is 2. The first-order valence-corrected chi connectivity index (χ1v) is 9.48. The highest BCUT2D eigenvalue weighted by molar-refractivity contribution is 6.08. The fourth-order valence-electron chi connectivity index (χ4n) is 3.34. The van der Waals surface area contributed by atoms with Gasteiger partial charge >= 0.3 is 6.18 Å². The summed E-state index contributed by atoms with van der Waals surface area (Å²) < 4.78 is 41.4. The van der Waals surface area contributed by atoms with E-state index in [-0.39, 0.29) is 39.9 Å². The number of pyridine rings is 2. The van der Waals surface area contributed by atoms with Gasteiger partial charge in [0.05, 0.1) is 22.3 Å². The van der Waals surface area contributed by atoms with Crippen LogP contribution in [0.5, 0.6) is 0 Å². The van der Waals surface area contributed by atoms with Gasteiger partial charge in [-0.05, 0) is 36.6 Å². The van der Waals surface area contributed by atoms with Crippen molar-refractivity contribution in [3.63, 3.8) is 0 Å². The van der Waals surface area contributed by atoms with Gasteiger partial charge in [0, 0.05) is 36.4 Å². The maximum atomic E-state index is 13.8. The maximum absolute atomic E-state index is 13.8. The molecule has 0 saturated heterocycles. The van der Waals surface area contributed by atoms with Crippen LogP contribution in [0.4, 0.5) is 18.9 Å². The second-order valence-electron chi connectivity index (χ2n) is 7.25. The Kier molecular flexibility index (Phi) is 5.00. The predicted molar refractivity (Wildman–Crippen MR) is 109 cm³/mol. The molecule has 0 aliphatic heterocycles. The first-order valence-electron chi connectivity index (χ1n) is 9.48. The number of carbonyl (C=O) groups is 2. The van der Waals surface area contributed by atoms with E-state index in [0.717, 1.165) is 25.1 Å². The SMILES string of the molecule is CNc1c(C(=O)NC2CC2)cnc2cc(C(F)(F)F)c(-c3ccc(C(N)=O)nc3)cc12. The van der Waals surface area contributed by atoms with Crippen molar-refractivity contribution in [3.8, 4) is 11.1 Å². The monoisotopic (exact) mass is 429 g/mol. The summed E-state index contributed by atoms with van der Waals surface area (Å²) in [6, 6.07) is 4.99. The normalized spacial score (nSPS) is 13.8. The van der Waals surface area contributed by atoms with Crippen LogP contribution in [0.2, 0.25) is 0 Å². The Bertz CT molecular complexity index is 1190. The van der Waals surface area contributed by atoms with Crippen molar-refractivity contribution in [3.05, 3.63) is 53.5 Å². The maximum Gasteiger partial charge on any atom is 0.417 e. The van der Waals surface area contributed by atoms with Crippen LogP contribution in [0.1, 0.15) is 39.3 Å². The molecule has 1 fully saturated rings. The molecule has 1 aliphatic carbocycles. The summed E-state index contributed by atoms with van der Waals surface area (Å²) in [6.45, 7) is 0. The Hall–Kier alpha value is -3.69. The minimum absolute atomic E-state index is 0.0605. The molecule has 0 radical (unpaired) electrons. The number of hydrogen-bond donors (Lipinski definition) is 3. The van der Waals surface area contributed by atoms with Gasteiger partial charge in [0.1, 0.15) is 5.69 Å². The number of benzene rings is 1. The van der Waals surface area contributed by atoms with Crippen LogP contribution >= 0.6 is 0 Å². The third-order valence-electron chi connectivity index (χ3n) is 5.05. The fourth-order valence-corrected chi connectivity index (χ4v) is 3.34. The van der Waals surface area contributed by atoms with Crippen LogP contribution in [-0.4, -0.2) is 34.9 Å². The highest BCUT2D eigenvalue weighted by Gasteiger charge is 2.35. The molecule has 4 rings (SSSR count). The van der Waals surface area contributed by atoms with E-state index >= 15 is 0 Å². The van der Waals surface area contributed by atoms with Gasteiger partial charge in [-0.15, -0.1) is 0 Å². The first-order chi connectivity index (χ1) is 14.7. The summed E-state index contributed by atoms with van der Waals surface area (Å²) in [5, 5.41) is 6.13. The molecule has 0 spiro atoms. The highest BCUT2D eigenvalue weighted by Crippen LogP contribution is 2.41. The van der Waals surface area contributed by atoms with Crippen molar-refractivity contribution in [2.24, 2.45) is 5.73 Å². The Morgan fingerprint density at radius 1 is 1.13 bits per heavy atom. The molecular formula is C21H18F3N5O2. The number of nitrogens with two attached hydrogens (primary N) is 1. The Morgan fingerprint density at radius 3 is 2.42 bits per heavy atom. The van der Waals surface area contributed by atoms with Gasteiger partial charge in [-0.2, -0.15) is 13.2 Å². The standard InChI is InChI=1S/C21H18F3N5O2/c1-26-18-13-6-12(10-2-5-16(19(25)30)27-8-10)15(21(22,23)24)7-17(13)28-9-14(18)20(31)29-11-3-4-11/h2,5-9,11H,3-4H2,1H3,(H2,25,30)(H,26,28)(H,29,31). The second-order valence-corrected chi connectivity index (χ2v) is 7.25.